The van der Waals surface area contributed by atoms with Gasteiger partial charge in [-0.15, -0.1) is 0 Å². The van der Waals surface area contributed by atoms with Crippen LogP contribution >= 0.6 is 11.6 Å². The zero-order valence-corrected chi connectivity index (χ0v) is 16.2. The molecule has 26 heavy (non-hydrogen) atoms. The van der Waals surface area contributed by atoms with Crippen molar-refractivity contribution in [3.8, 4) is 0 Å². The number of carbonyl (C=O) groups is 1. The minimum Gasteiger partial charge on any atom is -0.383 e. The lowest BCUT2D eigenvalue weighted by Crippen LogP contribution is -2.27. The largest absolute Gasteiger partial charge is 0.383 e. The number of nitrogens with one attached hydrogen (secondary N) is 1. The Hall–Kier alpha value is -2.19. The van der Waals surface area contributed by atoms with E-state index >= 15 is 0 Å². The van der Waals surface area contributed by atoms with Crippen LogP contribution < -0.4 is 10.6 Å². The maximum atomic E-state index is 12.5. The number of benzene rings is 1. The molecule has 0 spiro atoms. The number of fused-ring (bicyclic) bond motifs is 1. The number of carbonyl (C=O) groups excluding carboxylic acids is 1. The molecule has 0 saturated carbocycles. The minimum absolute atomic E-state index is 0.0982. The lowest BCUT2D eigenvalue weighted by molar-refractivity contribution is -0.117. The molecule has 2 heterocycles. The third-order valence-corrected chi connectivity index (χ3v) is 6.41. The fraction of sp³-hybridized carbons (Fsp3) is 0.353. The van der Waals surface area contributed by atoms with E-state index in [1.165, 1.54) is 4.90 Å². The number of halogens is 1. The molecule has 1 aliphatic heterocycles. The van der Waals surface area contributed by atoms with Gasteiger partial charge in [-0.3, -0.25) is 9.69 Å². The summed E-state index contributed by atoms with van der Waals surface area (Å²) in [6, 6.07) is 5.53. The molecule has 2 aromatic rings. The lowest BCUT2D eigenvalue weighted by Gasteiger charge is -2.18. The number of nitrogen functional groups attached to an aromatic ring is 1. The van der Waals surface area contributed by atoms with E-state index in [4.69, 9.17) is 22.1 Å². The van der Waals surface area contributed by atoms with Gasteiger partial charge in [0.15, 0.2) is 0 Å². The van der Waals surface area contributed by atoms with Gasteiger partial charge in [0.05, 0.1) is 13.0 Å². The van der Waals surface area contributed by atoms with E-state index in [2.05, 4.69) is 9.97 Å². The molecule has 1 aromatic heterocycles. The number of nitrogens with two attached hydrogens (primary N) is 1. The molecule has 0 fully saturated rings. The average Bonchev–Trinajstić information content (AvgIpc) is 2.88. The molecule has 3 rings (SSSR count). The summed E-state index contributed by atoms with van der Waals surface area (Å²) < 4.78 is 20.6. The van der Waals surface area contributed by atoms with Crippen LogP contribution in [0.4, 0.5) is 11.6 Å². The third kappa shape index (κ3) is 3.39. The van der Waals surface area contributed by atoms with E-state index in [1.807, 2.05) is 26.0 Å². The van der Waals surface area contributed by atoms with Crippen LogP contribution in [0.5, 0.6) is 0 Å². The van der Waals surface area contributed by atoms with Gasteiger partial charge >= 0.3 is 0 Å². The lowest BCUT2D eigenvalue weighted by atomic mass is 10.1. The molecule has 7 nitrogen and oxygen atoms in total. The van der Waals surface area contributed by atoms with Gasteiger partial charge in [0.25, 0.3) is 0 Å². The highest BCUT2D eigenvalue weighted by Gasteiger charge is 2.33. The Balaban J connectivity index is 2.02. The number of nitrogens with zero attached hydrogens (tertiary/aromatic N) is 3. The van der Waals surface area contributed by atoms with Crippen molar-refractivity contribution in [2.45, 2.75) is 38.4 Å². The van der Waals surface area contributed by atoms with E-state index < -0.39 is 9.73 Å². The van der Waals surface area contributed by atoms with E-state index in [9.17, 15) is 9.00 Å². The summed E-state index contributed by atoms with van der Waals surface area (Å²) in [5, 5.41) is 0.548. The molecule has 1 amide bonds. The summed E-state index contributed by atoms with van der Waals surface area (Å²) >= 11 is 6.06. The molecule has 1 atom stereocenters. The van der Waals surface area contributed by atoms with Crippen molar-refractivity contribution in [3.63, 3.8) is 0 Å². The van der Waals surface area contributed by atoms with Crippen molar-refractivity contribution in [2.24, 2.45) is 0 Å². The predicted molar refractivity (Wildman–Crippen MR) is 102 cm³/mol. The molecule has 1 aromatic carbocycles. The van der Waals surface area contributed by atoms with E-state index in [0.717, 1.165) is 11.1 Å². The first-order chi connectivity index (χ1) is 12.2. The smallest absolute Gasteiger partial charge is 0.233 e. The molecule has 1 unspecified atom stereocenters. The molecule has 9 heteroatoms. The molecular weight excluding hydrogens is 374 g/mol. The fourth-order valence-corrected chi connectivity index (χ4v) is 4.26. The summed E-state index contributed by atoms with van der Waals surface area (Å²) in [6.45, 7) is 4.03. The normalized spacial score (nSPS) is 15.8. The number of anilines is 2. The van der Waals surface area contributed by atoms with Crippen LogP contribution in [0.25, 0.3) is 0 Å². The van der Waals surface area contributed by atoms with Crippen LogP contribution in [0.1, 0.15) is 30.0 Å². The van der Waals surface area contributed by atoms with Crippen LogP contribution in [0, 0.1) is 11.7 Å². The van der Waals surface area contributed by atoms with Crippen LogP contribution in [0.2, 0.25) is 5.02 Å². The Morgan fingerprint density at radius 3 is 2.77 bits per heavy atom. The highest BCUT2D eigenvalue weighted by molar-refractivity contribution is 7.92. The summed E-state index contributed by atoms with van der Waals surface area (Å²) in [5.74, 6) is 0.457. The molecule has 1 aliphatic rings. The van der Waals surface area contributed by atoms with Crippen molar-refractivity contribution < 1.29 is 9.00 Å². The molecule has 0 radical (unpaired) electrons. The number of aryl methyl sites for hydroxylation is 1. The highest BCUT2D eigenvalue weighted by Crippen LogP contribution is 2.33. The first kappa shape index (κ1) is 18.6. The predicted octanol–water partition coefficient (Wildman–Crippen LogP) is 2.93. The van der Waals surface area contributed by atoms with Gasteiger partial charge in [0.1, 0.15) is 21.4 Å². The van der Waals surface area contributed by atoms with E-state index in [-0.39, 0.29) is 29.1 Å². The van der Waals surface area contributed by atoms with Gasteiger partial charge in [0, 0.05) is 16.3 Å². The van der Waals surface area contributed by atoms with Gasteiger partial charge in [-0.2, -0.15) is 0 Å². The maximum Gasteiger partial charge on any atom is 0.233 e. The van der Waals surface area contributed by atoms with Crippen LogP contribution in [-0.2, 0) is 27.5 Å². The van der Waals surface area contributed by atoms with Crippen molar-refractivity contribution in [3.05, 3.63) is 39.9 Å². The monoisotopic (exact) mass is 393 g/mol. The topological polar surface area (TPSA) is 113 Å². The van der Waals surface area contributed by atoms with Crippen LogP contribution in [-0.4, -0.2) is 25.8 Å². The Kier molecular flexibility index (Phi) is 4.90. The first-order valence-electron chi connectivity index (χ1n) is 8.21. The molecule has 0 bridgehead atoms. The number of hydrogen-bond acceptors (Lipinski definition) is 6. The van der Waals surface area contributed by atoms with E-state index in [1.54, 1.807) is 6.07 Å². The molecule has 138 valence electrons. The second-order valence-corrected chi connectivity index (χ2v) is 8.84. The zero-order chi connectivity index (χ0) is 19.1. The molecule has 0 saturated heterocycles. The second-order valence-electron chi connectivity index (χ2n) is 6.31. The SMILES string of the molecule is CCCS(=N)(=O)c1nc(N)c2c(n1)N(Cc1ccc(Cl)c(C)c1)C(=O)C2. The Morgan fingerprint density at radius 1 is 1.38 bits per heavy atom. The van der Waals surface area contributed by atoms with Gasteiger partial charge < -0.3 is 5.73 Å². The van der Waals surface area contributed by atoms with Crippen molar-refractivity contribution in [2.75, 3.05) is 16.4 Å². The van der Waals surface area contributed by atoms with Crippen LogP contribution in [0.3, 0.4) is 0 Å². The quantitative estimate of drug-likeness (QED) is 0.758. The summed E-state index contributed by atoms with van der Waals surface area (Å²) in [6.07, 6.45) is 0.663. The Morgan fingerprint density at radius 2 is 2.12 bits per heavy atom. The highest BCUT2D eigenvalue weighted by atomic mass is 35.5. The minimum atomic E-state index is -3.14. The van der Waals surface area contributed by atoms with Crippen molar-refractivity contribution in [1.29, 1.82) is 4.78 Å². The third-order valence-electron chi connectivity index (χ3n) is 4.23. The van der Waals surface area contributed by atoms with Gasteiger partial charge in [-0.1, -0.05) is 30.7 Å². The number of hydrogen-bond donors (Lipinski definition) is 2. The standard InChI is InChI=1S/C17H20ClN5O2S/c1-3-6-26(20,25)17-21-15(19)12-8-14(24)23(16(12)22-17)9-11-4-5-13(18)10(2)7-11/h4-5,7,20H,3,6,8-9H2,1-2H3,(H2,19,21,22). The molecule has 0 aliphatic carbocycles. The second kappa shape index (κ2) is 6.85. The zero-order valence-electron chi connectivity index (χ0n) is 14.6. The molecule has 3 N–H and O–H groups in total. The number of amides is 1. The number of aromatic nitrogens is 2. The summed E-state index contributed by atoms with van der Waals surface area (Å²) in [5.41, 5.74) is 8.30. The Labute approximate surface area is 157 Å². The van der Waals surface area contributed by atoms with Gasteiger partial charge in [-0.05, 0) is 30.5 Å². The summed E-state index contributed by atoms with van der Waals surface area (Å²) in [7, 11) is -3.14. The fourth-order valence-electron chi connectivity index (χ4n) is 2.90. The van der Waals surface area contributed by atoms with E-state index in [0.29, 0.717) is 29.4 Å². The van der Waals surface area contributed by atoms with Crippen molar-refractivity contribution >= 4 is 38.9 Å². The number of rotatable bonds is 5. The van der Waals surface area contributed by atoms with Gasteiger partial charge in [-0.25, -0.2) is 19.0 Å². The van der Waals surface area contributed by atoms with Crippen LogP contribution in [0.15, 0.2) is 23.4 Å². The molecular formula is C17H20ClN5O2S. The summed E-state index contributed by atoms with van der Waals surface area (Å²) in [4.78, 5) is 22.3. The van der Waals surface area contributed by atoms with Gasteiger partial charge in [0.2, 0.25) is 11.1 Å². The maximum absolute atomic E-state index is 12.5. The first-order valence-corrected chi connectivity index (χ1v) is 10.3. The van der Waals surface area contributed by atoms with Crippen molar-refractivity contribution in [1.82, 2.24) is 9.97 Å². The average molecular weight is 394 g/mol. The Bertz CT molecular complexity index is 991.